The van der Waals surface area contributed by atoms with Crippen LogP contribution in [0.5, 0.6) is 0 Å². The first-order valence-electron chi connectivity index (χ1n) is 4.60. The van der Waals surface area contributed by atoms with E-state index in [9.17, 15) is 4.79 Å². The van der Waals surface area contributed by atoms with Gasteiger partial charge in [0.05, 0.1) is 7.11 Å². The molecule has 1 aliphatic rings. The molecule has 0 saturated carbocycles. The van der Waals surface area contributed by atoms with Gasteiger partial charge < -0.3 is 10.1 Å². The van der Waals surface area contributed by atoms with E-state index < -0.39 is 0 Å². The number of carbonyl (C=O) groups is 1. The van der Waals surface area contributed by atoms with Gasteiger partial charge in [-0.1, -0.05) is 0 Å². The monoisotopic (exact) mass is 243 g/mol. The van der Waals surface area contributed by atoms with E-state index in [1.54, 1.807) is 0 Å². The number of ether oxygens (including phenoxy) is 1. The quantitative estimate of drug-likeness (QED) is 0.769. The molecule has 1 saturated heterocycles. The summed E-state index contributed by atoms with van der Waals surface area (Å²) in [6.07, 6.45) is 3.99. The first kappa shape index (κ1) is 16.4. The topological polar surface area (TPSA) is 38.3 Å². The first-order valence-corrected chi connectivity index (χ1v) is 4.60. The summed E-state index contributed by atoms with van der Waals surface area (Å²) < 4.78 is 4.59. The molecule has 0 spiro atoms. The van der Waals surface area contributed by atoms with Crippen molar-refractivity contribution in [1.29, 1.82) is 0 Å². The molecular weight excluding hydrogens is 225 g/mol. The third-order valence-corrected chi connectivity index (χ3v) is 2.44. The number of piperidine rings is 1. The number of halogens is 2. The molecule has 5 heteroatoms. The summed E-state index contributed by atoms with van der Waals surface area (Å²) in [4.78, 5) is 10.8. The lowest BCUT2D eigenvalue weighted by Gasteiger charge is -2.21. The zero-order valence-electron chi connectivity index (χ0n) is 8.45. The van der Waals surface area contributed by atoms with E-state index in [1.165, 1.54) is 20.0 Å². The van der Waals surface area contributed by atoms with Gasteiger partial charge in [-0.25, -0.2) is 0 Å². The number of esters is 1. The third-order valence-electron chi connectivity index (χ3n) is 2.44. The van der Waals surface area contributed by atoms with Crippen LogP contribution in [0.2, 0.25) is 0 Å². The second-order valence-corrected chi connectivity index (χ2v) is 3.31. The van der Waals surface area contributed by atoms with Crippen molar-refractivity contribution < 1.29 is 9.53 Å². The number of hydrogen-bond acceptors (Lipinski definition) is 3. The zero-order chi connectivity index (χ0) is 8.81. The van der Waals surface area contributed by atoms with Crippen LogP contribution in [0.1, 0.15) is 25.7 Å². The highest BCUT2D eigenvalue weighted by Gasteiger charge is 2.14. The van der Waals surface area contributed by atoms with Crippen molar-refractivity contribution in [3.8, 4) is 0 Å². The molecule has 1 aliphatic heterocycles. The van der Waals surface area contributed by atoms with Crippen molar-refractivity contribution >= 4 is 30.8 Å². The molecule has 3 nitrogen and oxygen atoms in total. The minimum absolute atomic E-state index is 0. The summed E-state index contributed by atoms with van der Waals surface area (Å²) in [7, 11) is 1.45. The van der Waals surface area contributed by atoms with Crippen LogP contribution in [0.15, 0.2) is 0 Å². The van der Waals surface area contributed by atoms with Crippen molar-refractivity contribution in [3.63, 3.8) is 0 Å². The van der Waals surface area contributed by atoms with Crippen LogP contribution < -0.4 is 5.32 Å². The summed E-state index contributed by atoms with van der Waals surface area (Å²) in [5.74, 6) is 0.652. The van der Waals surface area contributed by atoms with Gasteiger partial charge in [-0.2, -0.15) is 0 Å². The minimum Gasteiger partial charge on any atom is -0.469 e. The SMILES string of the molecule is COC(=O)CCC1CCNCC1.Cl.Cl. The van der Waals surface area contributed by atoms with Gasteiger partial charge >= 0.3 is 5.97 Å². The van der Waals surface area contributed by atoms with Crippen LogP contribution in [-0.4, -0.2) is 26.2 Å². The molecule has 1 fully saturated rings. The second kappa shape index (κ2) is 9.56. The fourth-order valence-corrected chi connectivity index (χ4v) is 1.59. The molecular formula is C9H19Cl2NO2. The Balaban J connectivity index is 0. The van der Waals surface area contributed by atoms with Crippen molar-refractivity contribution in [1.82, 2.24) is 5.32 Å². The molecule has 14 heavy (non-hydrogen) atoms. The molecule has 0 atom stereocenters. The van der Waals surface area contributed by atoms with Crippen LogP contribution in [0, 0.1) is 5.92 Å². The Morgan fingerprint density at radius 1 is 1.36 bits per heavy atom. The lowest BCUT2D eigenvalue weighted by atomic mass is 9.93. The van der Waals surface area contributed by atoms with Crippen LogP contribution in [0.4, 0.5) is 0 Å². The normalized spacial score (nSPS) is 16.4. The Bertz CT molecular complexity index is 150. The van der Waals surface area contributed by atoms with Crippen molar-refractivity contribution in [2.24, 2.45) is 5.92 Å². The Kier molecular flexibility index (Phi) is 11.2. The molecule has 0 unspecified atom stereocenters. The zero-order valence-corrected chi connectivity index (χ0v) is 10.1. The number of rotatable bonds is 3. The van der Waals surface area contributed by atoms with Gasteiger partial charge in [-0.15, -0.1) is 24.8 Å². The van der Waals surface area contributed by atoms with Gasteiger partial charge in [-0.3, -0.25) is 4.79 Å². The number of nitrogens with one attached hydrogen (secondary N) is 1. The highest BCUT2D eigenvalue weighted by Crippen LogP contribution is 2.17. The molecule has 0 bridgehead atoms. The van der Waals surface area contributed by atoms with E-state index in [0.29, 0.717) is 6.42 Å². The van der Waals surface area contributed by atoms with E-state index in [1.807, 2.05) is 0 Å². The highest BCUT2D eigenvalue weighted by atomic mass is 35.5. The van der Waals surface area contributed by atoms with E-state index in [2.05, 4.69) is 10.1 Å². The fourth-order valence-electron chi connectivity index (χ4n) is 1.59. The summed E-state index contributed by atoms with van der Waals surface area (Å²) in [5, 5.41) is 3.30. The summed E-state index contributed by atoms with van der Waals surface area (Å²) >= 11 is 0. The average molecular weight is 244 g/mol. The summed E-state index contributed by atoms with van der Waals surface area (Å²) in [6, 6.07) is 0. The molecule has 1 N–H and O–H groups in total. The predicted molar refractivity (Wildman–Crippen MR) is 61.3 cm³/mol. The first-order chi connectivity index (χ1) is 5.83. The lowest BCUT2D eigenvalue weighted by molar-refractivity contribution is -0.141. The van der Waals surface area contributed by atoms with E-state index in [-0.39, 0.29) is 30.8 Å². The number of methoxy groups -OCH3 is 1. The Hall–Kier alpha value is 0.01000. The van der Waals surface area contributed by atoms with E-state index in [0.717, 1.165) is 25.4 Å². The van der Waals surface area contributed by atoms with Crippen LogP contribution in [0.25, 0.3) is 0 Å². The minimum atomic E-state index is -0.0754. The van der Waals surface area contributed by atoms with E-state index in [4.69, 9.17) is 0 Å². The van der Waals surface area contributed by atoms with Gasteiger partial charge in [0, 0.05) is 6.42 Å². The predicted octanol–water partition coefficient (Wildman–Crippen LogP) is 1.78. The maximum atomic E-state index is 10.8. The van der Waals surface area contributed by atoms with Crippen molar-refractivity contribution in [2.45, 2.75) is 25.7 Å². The van der Waals surface area contributed by atoms with Gasteiger partial charge in [0.1, 0.15) is 0 Å². The molecule has 0 aliphatic carbocycles. The van der Waals surface area contributed by atoms with Gasteiger partial charge in [0.15, 0.2) is 0 Å². The summed E-state index contributed by atoms with van der Waals surface area (Å²) in [6.45, 7) is 2.21. The standard InChI is InChI=1S/C9H17NO2.2ClH/c1-12-9(11)3-2-8-4-6-10-7-5-8;;/h8,10H,2-7H2,1H3;2*1H. The molecule has 0 aromatic rings. The van der Waals surface area contributed by atoms with Crippen LogP contribution >= 0.6 is 24.8 Å². The van der Waals surface area contributed by atoms with Crippen molar-refractivity contribution in [3.05, 3.63) is 0 Å². The molecule has 1 rings (SSSR count). The maximum absolute atomic E-state index is 10.8. The third kappa shape index (κ3) is 6.46. The molecule has 1 heterocycles. The molecule has 86 valence electrons. The molecule has 0 aromatic carbocycles. The fraction of sp³-hybridized carbons (Fsp3) is 0.889. The Morgan fingerprint density at radius 3 is 2.43 bits per heavy atom. The smallest absolute Gasteiger partial charge is 0.305 e. The highest BCUT2D eigenvalue weighted by molar-refractivity contribution is 5.85. The van der Waals surface area contributed by atoms with E-state index >= 15 is 0 Å². The Morgan fingerprint density at radius 2 is 1.93 bits per heavy atom. The number of hydrogen-bond donors (Lipinski definition) is 1. The van der Waals surface area contributed by atoms with Crippen LogP contribution in [-0.2, 0) is 9.53 Å². The maximum Gasteiger partial charge on any atom is 0.305 e. The lowest BCUT2D eigenvalue weighted by Crippen LogP contribution is -2.28. The second-order valence-electron chi connectivity index (χ2n) is 3.31. The van der Waals surface area contributed by atoms with Crippen molar-refractivity contribution in [2.75, 3.05) is 20.2 Å². The van der Waals surface area contributed by atoms with Gasteiger partial charge in [0.2, 0.25) is 0 Å². The largest absolute Gasteiger partial charge is 0.469 e. The summed E-state index contributed by atoms with van der Waals surface area (Å²) in [5.41, 5.74) is 0. The van der Waals surface area contributed by atoms with Gasteiger partial charge in [-0.05, 0) is 38.3 Å². The molecule has 0 radical (unpaired) electrons. The van der Waals surface area contributed by atoms with Crippen LogP contribution in [0.3, 0.4) is 0 Å². The Labute approximate surface area is 97.8 Å². The molecule has 0 aromatic heterocycles. The average Bonchev–Trinajstić information content (AvgIpc) is 2.16. The molecule has 0 amide bonds. The number of carbonyl (C=O) groups excluding carboxylic acids is 1. The van der Waals surface area contributed by atoms with Gasteiger partial charge in [0.25, 0.3) is 0 Å².